The zero-order valence-corrected chi connectivity index (χ0v) is 4.72. The van der Waals surface area contributed by atoms with Gasteiger partial charge in [-0.15, -0.1) is 0 Å². The topological polar surface area (TPSA) is 53.0 Å². The van der Waals surface area contributed by atoms with E-state index in [9.17, 15) is 9.90 Å². The number of carbonyl (C=O) groups is 1. The van der Waals surface area contributed by atoms with Gasteiger partial charge in [-0.25, -0.2) is 0 Å². The van der Waals surface area contributed by atoms with Crippen LogP contribution < -0.4 is 5.11 Å². The Morgan fingerprint density at radius 2 is 2.50 bits per heavy atom. The molecular weight excluding hydrogens is 126 g/mol. The summed E-state index contributed by atoms with van der Waals surface area (Å²) in [6.07, 6.45) is 1.46. The predicted molar refractivity (Wildman–Crippen MR) is 27.5 cm³/mol. The van der Waals surface area contributed by atoms with Gasteiger partial charge in [-0.3, -0.25) is 0 Å². The molecule has 0 aliphatic rings. The number of carbonyl (C=O) groups excluding carboxylic acids is 1. The van der Waals surface area contributed by atoms with Crippen LogP contribution in [0.1, 0.15) is 0 Å². The van der Waals surface area contributed by atoms with E-state index < -0.39 is 16.0 Å². The van der Waals surface area contributed by atoms with Crippen molar-refractivity contribution in [3.63, 3.8) is 0 Å². The van der Waals surface area contributed by atoms with Crippen molar-refractivity contribution in [2.24, 2.45) is 0 Å². The van der Waals surface area contributed by atoms with Crippen molar-refractivity contribution < 1.29 is 9.90 Å². The van der Waals surface area contributed by atoms with Crippen LogP contribution in [0.3, 0.4) is 0 Å². The molecule has 0 aliphatic carbocycles. The van der Waals surface area contributed by atoms with Crippen molar-refractivity contribution in [2.45, 2.75) is 0 Å². The summed E-state index contributed by atoms with van der Waals surface area (Å²) in [4.78, 5) is 9.94. The van der Waals surface area contributed by atoms with Crippen LogP contribution in [0.15, 0.2) is 17.6 Å². The summed E-state index contributed by atoms with van der Waals surface area (Å²) in [6.45, 7) is 0. The van der Waals surface area contributed by atoms with Crippen LogP contribution in [-0.2, 0) is 0 Å². The van der Waals surface area contributed by atoms with Crippen LogP contribution in [0.25, 0.3) is 0 Å². The maximum absolute atomic E-state index is 9.94. The Hall–Kier alpha value is -0.900. The third kappa shape index (κ3) is 0.840. The number of hydrogen-bond acceptors (Lipinski definition) is 3. The first-order valence-electron chi connectivity index (χ1n) is 1.96. The molecule has 0 spiro atoms. The first-order valence-corrected chi connectivity index (χ1v) is 3.20. The quantitative estimate of drug-likeness (QED) is 0.502. The highest BCUT2D eigenvalue weighted by molar-refractivity contribution is 7.44. The molecule has 0 bridgehead atoms. The molecule has 0 fully saturated rings. The lowest BCUT2D eigenvalue weighted by Crippen LogP contribution is -2.16. The van der Waals surface area contributed by atoms with E-state index in [4.69, 9.17) is 0 Å². The minimum absolute atomic E-state index is 0.985. The van der Waals surface area contributed by atoms with Crippen LogP contribution in [0.5, 0.6) is 0 Å². The second kappa shape index (κ2) is 1.92. The Balaban J connectivity index is 2.93. The largest absolute Gasteiger partial charge is 0.498 e. The van der Waals surface area contributed by atoms with E-state index in [0.717, 1.165) is 0 Å². The van der Waals surface area contributed by atoms with Gasteiger partial charge < -0.3 is 9.90 Å². The van der Waals surface area contributed by atoms with Crippen LogP contribution in [0, 0.1) is 0 Å². The third-order valence-corrected chi connectivity index (χ3v) is 1.74. The average Bonchev–Trinajstić information content (AvgIpc) is 2.12. The smallest absolute Gasteiger partial charge is 0.325 e. The predicted octanol–water partition coefficient (Wildman–Crippen LogP) is 0.0221. The second-order valence-electron chi connectivity index (χ2n) is 1.15. The first kappa shape index (κ1) is 5.24. The number of nitrogens with zero attached hydrogens (tertiary/aromatic N) is 1. The molecule has 1 aromatic heterocycles. The molecule has 8 heavy (non-hydrogen) atoms. The van der Waals surface area contributed by atoms with Crippen LogP contribution >= 0.6 is 10.7 Å². The Labute approximate surface area is 48.7 Å². The van der Waals surface area contributed by atoms with Gasteiger partial charge in [-0.2, -0.15) is 0 Å². The molecule has 0 saturated carbocycles. The third-order valence-electron chi connectivity index (χ3n) is 0.639. The number of hydrogen-bond donors (Lipinski definition) is 0. The molecular formula is C4H3NO2S. The van der Waals surface area contributed by atoms with Gasteiger partial charge in [0.1, 0.15) is 10.7 Å². The number of aromatic nitrogens is 1. The minimum Gasteiger partial charge on any atom is -0.498 e. The van der Waals surface area contributed by atoms with Crippen molar-refractivity contribution in [1.82, 2.24) is 4.37 Å². The standard InChI is InChI=1S/C4H3NO2S/c6-4(7)8-3-1-2-5-8/h1-3H. The Kier molecular flexibility index (Phi) is 1.26. The average molecular weight is 129 g/mol. The van der Waals surface area contributed by atoms with E-state index in [0.29, 0.717) is 0 Å². The number of rotatable bonds is 1. The van der Waals surface area contributed by atoms with Crippen LogP contribution in [-0.4, -0.2) is 9.67 Å². The normalized spacial score (nSPS) is 11.2. The summed E-state index contributed by atoms with van der Waals surface area (Å²) in [5.41, 5.74) is 0. The highest BCUT2D eigenvalue weighted by Gasteiger charge is 2.03. The maximum Gasteiger partial charge on any atom is 0.325 e. The number of carboxylic acid groups (broad SMARTS) is 1. The first-order chi connectivity index (χ1) is 3.80. The van der Waals surface area contributed by atoms with E-state index in [1.54, 1.807) is 6.07 Å². The van der Waals surface area contributed by atoms with Gasteiger partial charge in [0.05, 0.1) is 6.20 Å². The summed E-state index contributed by atoms with van der Waals surface area (Å²) in [5, 5.41) is 10.3. The molecule has 0 N–H and O–H groups in total. The molecule has 0 radical (unpaired) electrons. The second-order valence-corrected chi connectivity index (χ2v) is 2.59. The van der Waals surface area contributed by atoms with Crippen molar-refractivity contribution in [3.05, 3.63) is 17.6 Å². The van der Waals surface area contributed by atoms with Crippen LogP contribution in [0.4, 0.5) is 4.79 Å². The zero-order chi connectivity index (χ0) is 5.98. The lowest BCUT2D eigenvalue weighted by atomic mass is 10.8. The Morgan fingerprint density at radius 3 is 2.75 bits per heavy atom. The summed E-state index contributed by atoms with van der Waals surface area (Å²) in [5.74, 6) is 0. The molecule has 0 aromatic carbocycles. The summed E-state index contributed by atoms with van der Waals surface area (Å²) < 4.78 is 3.56. The maximum atomic E-state index is 9.94. The molecule has 1 unspecified atom stereocenters. The van der Waals surface area contributed by atoms with Gasteiger partial charge in [0, 0.05) is 6.07 Å². The molecule has 0 saturated heterocycles. The lowest BCUT2D eigenvalue weighted by Gasteiger charge is -1.77. The molecule has 1 heterocycles. The fourth-order valence-electron chi connectivity index (χ4n) is 0.344. The van der Waals surface area contributed by atoms with E-state index in [1.807, 2.05) is 0 Å². The minimum atomic E-state index is -1.12. The molecule has 3 nitrogen and oxygen atoms in total. The van der Waals surface area contributed by atoms with Crippen molar-refractivity contribution in [3.8, 4) is 0 Å². The van der Waals surface area contributed by atoms with Crippen molar-refractivity contribution in [1.29, 1.82) is 0 Å². The van der Waals surface area contributed by atoms with Gasteiger partial charge in [0.25, 0.3) is 0 Å². The zero-order valence-electron chi connectivity index (χ0n) is 3.90. The van der Waals surface area contributed by atoms with Gasteiger partial charge in [0.15, 0.2) is 5.38 Å². The SMILES string of the molecule is O=C([O-])[s+]1cccn1. The molecule has 42 valence electrons. The highest BCUT2D eigenvalue weighted by Crippen LogP contribution is 2.08. The van der Waals surface area contributed by atoms with Crippen molar-refractivity contribution >= 4 is 16.0 Å². The summed E-state index contributed by atoms with van der Waals surface area (Å²) >= 11 is 0. The molecule has 0 aliphatic heterocycles. The van der Waals surface area contributed by atoms with E-state index in [1.165, 1.54) is 11.6 Å². The molecule has 1 aromatic rings. The van der Waals surface area contributed by atoms with E-state index >= 15 is 0 Å². The molecule has 4 heteroatoms. The van der Waals surface area contributed by atoms with Crippen LogP contribution in [0.2, 0.25) is 0 Å². The highest BCUT2D eigenvalue weighted by atomic mass is 32.2. The summed E-state index contributed by atoms with van der Waals surface area (Å²) in [6, 6.07) is 1.60. The fraction of sp³-hybridized carbons (Fsp3) is 0. The molecule has 1 rings (SSSR count). The van der Waals surface area contributed by atoms with Gasteiger partial charge in [-0.05, 0) is 4.37 Å². The van der Waals surface area contributed by atoms with Gasteiger partial charge in [0.2, 0.25) is 0 Å². The lowest BCUT2D eigenvalue weighted by molar-refractivity contribution is -0.233. The molecule has 1 atom stereocenters. The Morgan fingerprint density at radius 1 is 1.75 bits per heavy atom. The van der Waals surface area contributed by atoms with E-state index in [-0.39, 0.29) is 0 Å². The van der Waals surface area contributed by atoms with E-state index in [2.05, 4.69) is 4.37 Å². The monoisotopic (exact) mass is 129 g/mol. The summed E-state index contributed by atoms with van der Waals surface area (Å²) in [7, 11) is -0.985. The van der Waals surface area contributed by atoms with Gasteiger partial charge >= 0.3 is 5.30 Å². The van der Waals surface area contributed by atoms with Gasteiger partial charge in [-0.1, -0.05) is 0 Å². The Bertz CT molecular complexity index is 182. The van der Waals surface area contributed by atoms with Crippen molar-refractivity contribution in [2.75, 3.05) is 0 Å². The fourth-order valence-corrected chi connectivity index (χ4v) is 1.03. The molecule has 0 amide bonds.